The van der Waals surface area contributed by atoms with Crippen LogP contribution in [-0.4, -0.2) is 32.2 Å². The van der Waals surface area contributed by atoms with Gasteiger partial charge in [-0.05, 0) is 32.0 Å². The average molecular weight is 333 g/mol. The minimum absolute atomic E-state index is 0.292. The van der Waals surface area contributed by atoms with Crippen molar-refractivity contribution in [3.05, 3.63) is 41.9 Å². The third-order valence-electron chi connectivity index (χ3n) is 3.38. The van der Waals surface area contributed by atoms with Crippen molar-refractivity contribution in [3.63, 3.8) is 0 Å². The molecule has 1 heterocycles. The van der Waals surface area contributed by atoms with Gasteiger partial charge in [-0.3, -0.25) is 4.79 Å². The van der Waals surface area contributed by atoms with Crippen molar-refractivity contribution in [2.45, 2.75) is 20.0 Å². The highest BCUT2D eigenvalue weighted by Crippen LogP contribution is 2.29. The van der Waals surface area contributed by atoms with Crippen molar-refractivity contribution in [1.82, 2.24) is 0 Å². The molecule has 1 unspecified atom stereocenters. The van der Waals surface area contributed by atoms with Crippen LogP contribution in [0.15, 0.2) is 34.9 Å². The summed E-state index contributed by atoms with van der Waals surface area (Å²) < 4.78 is 20.5. The Hall–Kier alpha value is -2.96. The molecule has 1 aromatic carbocycles. The summed E-state index contributed by atoms with van der Waals surface area (Å²) in [4.78, 5) is 24.2. The van der Waals surface area contributed by atoms with E-state index in [1.54, 1.807) is 25.1 Å². The van der Waals surface area contributed by atoms with Gasteiger partial charge >= 0.3 is 5.97 Å². The maximum Gasteiger partial charge on any atom is 0.342 e. The number of nitrogens with one attached hydrogen (secondary N) is 1. The molecule has 0 saturated carbocycles. The van der Waals surface area contributed by atoms with E-state index in [-0.39, 0.29) is 0 Å². The molecule has 1 N–H and O–H groups in total. The first-order valence-electron chi connectivity index (χ1n) is 7.24. The second-order valence-electron chi connectivity index (χ2n) is 5.00. The van der Waals surface area contributed by atoms with Gasteiger partial charge < -0.3 is 23.9 Å². The number of methoxy groups -OCH3 is 2. The van der Waals surface area contributed by atoms with Crippen molar-refractivity contribution in [3.8, 4) is 11.5 Å². The van der Waals surface area contributed by atoms with Crippen molar-refractivity contribution < 1.29 is 28.2 Å². The van der Waals surface area contributed by atoms with Gasteiger partial charge in [0.25, 0.3) is 5.91 Å². The molecule has 2 rings (SSSR count). The fourth-order valence-electron chi connectivity index (χ4n) is 2.03. The normalized spacial score (nSPS) is 11.5. The third-order valence-corrected chi connectivity index (χ3v) is 3.38. The lowest BCUT2D eigenvalue weighted by Gasteiger charge is -2.14. The summed E-state index contributed by atoms with van der Waals surface area (Å²) in [6, 6.07) is 6.44. The van der Waals surface area contributed by atoms with Gasteiger partial charge in [0.2, 0.25) is 0 Å². The summed E-state index contributed by atoms with van der Waals surface area (Å²) in [6.45, 7) is 3.13. The van der Waals surface area contributed by atoms with Gasteiger partial charge in [-0.1, -0.05) is 0 Å². The number of furan rings is 1. The molecule has 1 aromatic heterocycles. The Morgan fingerprint density at radius 1 is 1.12 bits per heavy atom. The number of hydrogen-bond acceptors (Lipinski definition) is 6. The molecule has 0 radical (unpaired) electrons. The van der Waals surface area contributed by atoms with Crippen molar-refractivity contribution in [1.29, 1.82) is 0 Å². The molecule has 1 amide bonds. The molecular weight excluding hydrogens is 314 g/mol. The molecule has 2 aromatic rings. The number of carbonyl (C=O) groups excluding carboxylic acids is 2. The minimum atomic E-state index is -0.972. The standard InChI is InChI=1S/C17H19NO6/c1-10-13(7-8-23-10)17(20)24-11(2)16(19)18-12-5-6-14(21-3)15(9-12)22-4/h5-9,11H,1-4H3,(H,18,19). The topological polar surface area (TPSA) is 87.0 Å². The monoisotopic (exact) mass is 333 g/mol. The first kappa shape index (κ1) is 17.4. The number of amides is 1. The maximum atomic E-state index is 12.2. The SMILES string of the molecule is COc1ccc(NC(=O)C(C)OC(=O)c2ccoc2C)cc1OC. The van der Waals surface area contributed by atoms with E-state index in [2.05, 4.69) is 5.32 Å². The van der Waals surface area contributed by atoms with Gasteiger partial charge in [-0.2, -0.15) is 0 Å². The van der Waals surface area contributed by atoms with E-state index in [4.69, 9.17) is 18.6 Å². The fraction of sp³-hybridized carbons (Fsp3) is 0.294. The zero-order valence-electron chi connectivity index (χ0n) is 13.9. The molecule has 0 aliphatic carbocycles. The molecule has 0 aliphatic rings. The molecule has 128 valence electrons. The van der Waals surface area contributed by atoms with Gasteiger partial charge in [0.15, 0.2) is 17.6 Å². The van der Waals surface area contributed by atoms with E-state index >= 15 is 0 Å². The van der Waals surface area contributed by atoms with E-state index in [0.29, 0.717) is 28.5 Å². The lowest BCUT2D eigenvalue weighted by molar-refractivity contribution is -0.123. The lowest BCUT2D eigenvalue weighted by Crippen LogP contribution is -2.30. The molecule has 0 bridgehead atoms. The molecule has 24 heavy (non-hydrogen) atoms. The quantitative estimate of drug-likeness (QED) is 0.818. The summed E-state index contributed by atoms with van der Waals surface area (Å²) in [6.07, 6.45) is 0.417. The van der Waals surface area contributed by atoms with Gasteiger partial charge in [-0.15, -0.1) is 0 Å². The van der Waals surface area contributed by atoms with E-state index in [1.807, 2.05) is 0 Å². The van der Waals surface area contributed by atoms with Gasteiger partial charge in [-0.25, -0.2) is 4.79 Å². The van der Waals surface area contributed by atoms with Gasteiger partial charge in [0.1, 0.15) is 11.3 Å². The number of rotatable bonds is 6. The van der Waals surface area contributed by atoms with Crippen molar-refractivity contribution >= 4 is 17.6 Å². The van der Waals surface area contributed by atoms with E-state index in [1.165, 1.54) is 33.5 Å². The number of hydrogen-bond donors (Lipinski definition) is 1. The van der Waals surface area contributed by atoms with Crippen LogP contribution in [0.25, 0.3) is 0 Å². The van der Waals surface area contributed by atoms with Crippen LogP contribution in [0.2, 0.25) is 0 Å². The van der Waals surface area contributed by atoms with Crippen LogP contribution in [0, 0.1) is 6.92 Å². The van der Waals surface area contributed by atoms with E-state index < -0.39 is 18.0 Å². The van der Waals surface area contributed by atoms with Gasteiger partial charge in [0.05, 0.1) is 20.5 Å². The first-order chi connectivity index (χ1) is 11.5. The second kappa shape index (κ2) is 7.54. The number of aryl methyl sites for hydroxylation is 1. The zero-order valence-corrected chi connectivity index (χ0v) is 13.9. The highest BCUT2D eigenvalue weighted by atomic mass is 16.5. The number of benzene rings is 1. The smallest absolute Gasteiger partial charge is 0.342 e. The molecule has 1 atom stereocenters. The Bertz CT molecular complexity index is 736. The number of ether oxygens (including phenoxy) is 3. The van der Waals surface area contributed by atoms with E-state index in [0.717, 1.165) is 0 Å². The summed E-state index contributed by atoms with van der Waals surface area (Å²) in [5.74, 6) is 0.389. The van der Waals surface area contributed by atoms with Crippen LogP contribution in [0.4, 0.5) is 5.69 Å². The molecule has 0 fully saturated rings. The Balaban J connectivity index is 2.01. The van der Waals surface area contributed by atoms with Crippen LogP contribution < -0.4 is 14.8 Å². The zero-order chi connectivity index (χ0) is 17.7. The predicted octanol–water partition coefficient (Wildman–Crippen LogP) is 2.79. The lowest BCUT2D eigenvalue weighted by atomic mass is 10.2. The van der Waals surface area contributed by atoms with Crippen LogP contribution in [0.3, 0.4) is 0 Å². The van der Waals surface area contributed by atoms with Crippen LogP contribution >= 0.6 is 0 Å². The molecular formula is C17H19NO6. The maximum absolute atomic E-state index is 12.2. The first-order valence-corrected chi connectivity index (χ1v) is 7.24. The fourth-order valence-corrected chi connectivity index (χ4v) is 2.03. The molecule has 7 heteroatoms. The largest absolute Gasteiger partial charge is 0.493 e. The van der Waals surface area contributed by atoms with Crippen LogP contribution in [0.1, 0.15) is 23.0 Å². The van der Waals surface area contributed by atoms with Gasteiger partial charge in [0, 0.05) is 11.8 Å². The van der Waals surface area contributed by atoms with E-state index in [9.17, 15) is 9.59 Å². The highest BCUT2D eigenvalue weighted by Gasteiger charge is 2.21. The van der Waals surface area contributed by atoms with Crippen LogP contribution in [0.5, 0.6) is 11.5 Å². The Morgan fingerprint density at radius 3 is 2.42 bits per heavy atom. The summed E-state index contributed by atoms with van der Waals surface area (Å²) in [7, 11) is 3.02. The summed E-state index contributed by atoms with van der Waals surface area (Å²) >= 11 is 0. The molecule has 7 nitrogen and oxygen atoms in total. The Labute approximate surface area is 139 Å². The number of esters is 1. The number of carbonyl (C=O) groups is 2. The highest BCUT2D eigenvalue weighted by molar-refractivity contribution is 5.97. The Kier molecular flexibility index (Phi) is 5.47. The number of anilines is 1. The second-order valence-corrected chi connectivity index (χ2v) is 5.00. The predicted molar refractivity (Wildman–Crippen MR) is 86.5 cm³/mol. The average Bonchev–Trinajstić information content (AvgIpc) is 3.00. The molecule has 0 spiro atoms. The van der Waals surface area contributed by atoms with Crippen LogP contribution in [-0.2, 0) is 9.53 Å². The minimum Gasteiger partial charge on any atom is -0.493 e. The molecule has 0 saturated heterocycles. The summed E-state index contributed by atoms with van der Waals surface area (Å²) in [5, 5.41) is 2.66. The van der Waals surface area contributed by atoms with Crippen molar-refractivity contribution in [2.75, 3.05) is 19.5 Å². The van der Waals surface area contributed by atoms with Crippen molar-refractivity contribution in [2.24, 2.45) is 0 Å². The summed E-state index contributed by atoms with van der Waals surface area (Å²) in [5.41, 5.74) is 0.792. The third kappa shape index (κ3) is 3.87. The molecule has 0 aliphatic heterocycles. The Morgan fingerprint density at radius 2 is 1.83 bits per heavy atom.